The smallest absolute Gasteiger partial charge is 0.0640 e. The molecule has 0 aliphatic carbocycles. The summed E-state index contributed by atoms with van der Waals surface area (Å²) in [5, 5.41) is 5.04. The van der Waals surface area contributed by atoms with E-state index in [4.69, 9.17) is 23.2 Å². The van der Waals surface area contributed by atoms with Gasteiger partial charge in [0.25, 0.3) is 0 Å². The zero-order valence-corrected chi connectivity index (χ0v) is 14.3. The predicted molar refractivity (Wildman–Crippen MR) is 90.2 cm³/mol. The van der Waals surface area contributed by atoms with Crippen LogP contribution in [0.4, 0.5) is 0 Å². The molecule has 1 aromatic rings. The lowest BCUT2D eigenvalue weighted by Crippen LogP contribution is -2.43. The van der Waals surface area contributed by atoms with Gasteiger partial charge in [-0.05, 0) is 56.8 Å². The van der Waals surface area contributed by atoms with Crippen LogP contribution in [-0.4, -0.2) is 30.6 Å². The SMILES string of the molecule is CCNC(c1cccc(Cl)c1Cl)C1CC2CCC(C1)N2C. The highest BCUT2D eigenvalue weighted by molar-refractivity contribution is 6.42. The summed E-state index contributed by atoms with van der Waals surface area (Å²) in [5.41, 5.74) is 1.17. The zero-order chi connectivity index (χ0) is 15.0. The van der Waals surface area contributed by atoms with Gasteiger partial charge in [-0.2, -0.15) is 0 Å². The number of halogens is 2. The van der Waals surface area contributed by atoms with Crippen LogP contribution in [0.1, 0.15) is 44.2 Å². The molecule has 116 valence electrons. The minimum Gasteiger partial charge on any atom is -0.310 e. The molecule has 0 radical (unpaired) electrons. The number of hydrogen-bond donors (Lipinski definition) is 1. The molecule has 3 atom stereocenters. The molecular formula is C17H24Cl2N2. The van der Waals surface area contributed by atoms with Crippen LogP contribution in [0.5, 0.6) is 0 Å². The molecule has 3 unspecified atom stereocenters. The Bertz CT molecular complexity index is 492. The van der Waals surface area contributed by atoms with Crippen molar-refractivity contribution in [2.45, 2.75) is 50.7 Å². The Morgan fingerprint density at radius 2 is 1.90 bits per heavy atom. The molecule has 2 fully saturated rings. The molecule has 2 saturated heterocycles. The third kappa shape index (κ3) is 2.96. The zero-order valence-electron chi connectivity index (χ0n) is 12.8. The molecule has 1 N–H and O–H groups in total. The van der Waals surface area contributed by atoms with Gasteiger partial charge in [-0.1, -0.05) is 42.3 Å². The number of piperidine rings is 1. The van der Waals surface area contributed by atoms with E-state index in [1.807, 2.05) is 12.1 Å². The van der Waals surface area contributed by atoms with Gasteiger partial charge in [0.1, 0.15) is 0 Å². The normalized spacial score (nSPS) is 30.6. The fourth-order valence-electron chi connectivity index (χ4n) is 4.24. The summed E-state index contributed by atoms with van der Waals surface area (Å²) < 4.78 is 0. The van der Waals surface area contributed by atoms with Crippen molar-refractivity contribution in [1.82, 2.24) is 10.2 Å². The Hall–Kier alpha value is -0.280. The van der Waals surface area contributed by atoms with Crippen LogP contribution in [0.25, 0.3) is 0 Å². The molecule has 1 aromatic carbocycles. The number of hydrogen-bond acceptors (Lipinski definition) is 2. The minimum atomic E-state index is 0.318. The Morgan fingerprint density at radius 3 is 2.52 bits per heavy atom. The van der Waals surface area contributed by atoms with E-state index in [0.29, 0.717) is 17.0 Å². The van der Waals surface area contributed by atoms with E-state index >= 15 is 0 Å². The molecule has 2 nitrogen and oxygen atoms in total. The summed E-state index contributed by atoms with van der Waals surface area (Å²) in [4.78, 5) is 2.58. The van der Waals surface area contributed by atoms with Gasteiger partial charge in [0.05, 0.1) is 10.0 Å². The Kier molecular flexibility index (Phi) is 4.80. The second kappa shape index (κ2) is 6.45. The van der Waals surface area contributed by atoms with Crippen molar-refractivity contribution in [3.63, 3.8) is 0 Å². The van der Waals surface area contributed by atoms with Gasteiger partial charge in [-0.25, -0.2) is 0 Å². The molecule has 0 aromatic heterocycles. The van der Waals surface area contributed by atoms with Crippen LogP contribution >= 0.6 is 23.2 Å². The molecule has 3 rings (SSSR count). The van der Waals surface area contributed by atoms with E-state index in [0.717, 1.165) is 23.7 Å². The maximum Gasteiger partial charge on any atom is 0.0640 e. The van der Waals surface area contributed by atoms with Crippen molar-refractivity contribution >= 4 is 23.2 Å². The quantitative estimate of drug-likeness (QED) is 0.875. The monoisotopic (exact) mass is 326 g/mol. The molecule has 0 amide bonds. The summed E-state index contributed by atoms with van der Waals surface area (Å²) >= 11 is 12.7. The molecule has 0 spiro atoms. The summed E-state index contributed by atoms with van der Waals surface area (Å²) in [7, 11) is 2.28. The lowest BCUT2D eigenvalue weighted by atomic mass is 9.82. The van der Waals surface area contributed by atoms with Crippen molar-refractivity contribution in [2.75, 3.05) is 13.6 Å². The first-order valence-electron chi connectivity index (χ1n) is 8.01. The third-order valence-electron chi connectivity index (χ3n) is 5.35. The highest BCUT2D eigenvalue weighted by Gasteiger charge is 2.41. The van der Waals surface area contributed by atoms with Crippen molar-refractivity contribution in [3.8, 4) is 0 Å². The highest BCUT2D eigenvalue weighted by Crippen LogP contribution is 2.44. The highest BCUT2D eigenvalue weighted by atomic mass is 35.5. The maximum absolute atomic E-state index is 6.48. The maximum atomic E-state index is 6.48. The third-order valence-corrected chi connectivity index (χ3v) is 6.18. The van der Waals surface area contributed by atoms with Crippen LogP contribution in [0.2, 0.25) is 10.0 Å². The summed E-state index contributed by atoms with van der Waals surface area (Å²) in [6.45, 7) is 3.12. The molecule has 2 bridgehead atoms. The lowest BCUT2D eigenvalue weighted by Gasteiger charge is -2.40. The first-order chi connectivity index (χ1) is 10.1. The van der Waals surface area contributed by atoms with Gasteiger partial charge in [-0.3, -0.25) is 0 Å². The molecule has 0 saturated carbocycles. The lowest BCUT2D eigenvalue weighted by molar-refractivity contribution is 0.113. The van der Waals surface area contributed by atoms with Crippen molar-refractivity contribution in [2.24, 2.45) is 5.92 Å². The summed E-state index contributed by atoms with van der Waals surface area (Å²) in [6, 6.07) is 7.81. The second-order valence-corrected chi connectivity index (χ2v) is 7.25. The van der Waals surface area contributed by atoms with Crippen LogP contribution in [-0.2, 0) is 0 Å². The number of nitrogens with zero attached hydrogens (tertiary/aromatic N) is 1. The number of fused-ring (bicyclic) bond motifs is 2. The molecular weight excluding hydrogens is 303 g/mol. The van der Waals surface area contributed by atoms with Crippen LogP contribution in [0.3, 0.4) is 0 Å². The van der Waals surface area contributed by atoms with Crippen molar-refractivity contribution in [1.29, 1.82) is 0 Å². The van der Waals surface area contributed by atoms with E-state index in [-0.39, 0.29) is 0 Å². The van der Waals surface area contributed by atoms with Gasteiger partial charge in [-0.15, -0.1) is 0 Å². The van der Waals surface area contributed by atoms with E-state index in [1.54, 1.807) is 0 Å². The van der Waals surface area contributed by atoms with Crippen LogP contribution in [0.15, 0.2) is 18.2 Å². The fourth-order valence-corrected chi connectivity index (χ4v) is 4.66. The Labute approximate surface area is 137 Å². The van der Waals surface area contributed by atoms with Crippen LogP contribution < -0.4 is 5.32 Å². The fraction of sp³-hybridized carbons (Fsp3) is 0.647. The Morgan fingerprint density at radius 1 is 1.24 bits per heavy atom. The summed E-state index contributed by atoms with van der Waals surface area (Å²) in [6.07, 6.45) is 5.21. The Balaban J connectivity index is 1.87. The first kappa shape index (κ1) is 15.6. The van der Waals surface area contributed by atoms with E-state index in [9.17, 15) is 0 Å². The van der Waals surface area contributed by atoms with E-state index < -0.39 is 0 Å². The van der Waals surface area contributed by atoms with Gasteiger partial charge in [0.15, 0.2) is 0 Å². The number of nitrogens with one attached hydrogen (secondary N) is 1. The van der Waals surface area contributed by atoms with Crippen molar-refractivity contribution < 1.29 is 0 Å². The molecule has 2 aliphatic heterocycles. The second-order valence-electron chi connectivity index (χ2n) is 6.46. The van der Waals surface area contributed by atoms with E-state index in [1.165, 1.54) is 31.2 Å². The molecule has 21 heavy (non-hydrogen) atoms. The van der Waals surface area contributed by atoms with E-state index in [2.05, 4.69) is 30.3 Å². The van der Waals surface area contributed by atoms with Crippen LogP contribution in [0, 0.1) is 5.92 Å². The van der Waals surface area contributed by atoms with Gasteiger partial charge >= 0.3 is 0 Å². The standard InChI is InChI=1S/C17H24Cl2N2/c1-3-20-17(14-5-4-6-15(18)16(14)19)11-9-12-7-8-13(10-11)21(12)2/h4-6,11-13,17,20H,3,7-10H2,1-2H3. The number of benzene rings is 1. The predicted octanol–water partition coefficient (Wildman–Crippen LogP) is 4.52. The average Bonchev–Trinajstić information content (AvgIpc) is 2.70. The van der Waals surface area contributed by atoms with Gasteiger partial charge < -0.3 is 10.2 Å². The minimum absolute atomic E-state index is 0.318. The average molecular weight is 327 g/mol. The first-order valence-corrected chi connectivity index (χ1v) is 8.76. The number of rotatable bonds is 4. The molecule has 4 heteroatoms. The largest absolute Gasteiger partial charge is 0.310 e. The molecule has 2 heterocycles. The molecule has 2 aliphatic rings. The summed E-state index contributed by atoms with van der Waals surface area (Å²) in [5.74, 6) is 0.648. The topological polar surface area (TPSA) is 15.3 Å². The van der Waals surface area contributed by atoms with Crippen molar-refractivity contribution in [3.05, 3.63) is 33.8 Å². The van der Waals surface area contributed by atoms with Gasteiger partial charge in [0.2, 0.25) is 0 Å². The van der Waals surface area contributed by atoms with Gasteiger partial charge in [0, 0.05) is 18.1 Å².